The molecule has 2 rings (SSSR count). The smallest absolute Gasteiger partial charge is 0.221 e. The summed E-state index contributed by atoms with van der Waals surface area (Å²) in [5, 5.41) is 4.74. The summed E-state index contributed by atoms with van der Waals surface area (Å²) in [6.45, 7) is 1.49. The number of nitrogens with two attached hydrogens (primary N) is 1. The molecule has 0 saturated carbocycles. The van der Waals surface area contributed by atoms with E-state index in [-0.39, 0.29) is 24.4 Å². The van der Waals surface area contributed by atoms with Crippen LogP contribution >= 0.6 is 23.7 Å². The summed E-state index contributed by atoms with van der Waals surface area (Å²) >= 11 is 1.65. The van der Waals surface area contributed by atoms with Crippen molar-refractivity contribution in [1.29, 1.82) is 0 Å². The lowest BCUT2D eigenvalue weighted by atomic mass is 10.1. The van der Waals surface area contributed by atoms with Crippen LogP contribution in [-0.4, -0.2) is 5.91 Å². The molecule has 18 heavy (non-hydrogen) atoms. The Kier molecular flexibility index (Phi) is 5.34. The molecule has 96 valence electrons. The molecule has 0 spiro atoms. The van der Waals surface area contributed by atoms with Gasteiger partial charge in [-0.3, -0.25) is 4.79 Å². The number of benzene rings is 1. The molecule has 1 aromatic carbocycles. The summed E-state index contributed by atoms with van der Waals surface area (Å²) in [6, 6.07) is 11.5. The third-order valence-corrected chi connectivity index (χ3v) is 3.40. The van der Waals surface area contributed by atoms with E-state index in [1.807, 2.05) is 41.8 Å². The van der Waals surface area contributed by atoms with Crippen LogP contribution in [0.15, 0.2) is 41.8 Å². The Morgan fingerprint density at radius 3 is 2.44 bits per heavy atom. The second-order valence-corrected chi connectivity index (χ2v) is 4.78. The van der Waals surface area contributed by atoms with Gasteiger partial charge in [-0.2, -0.15) is 0 Å². The van der Waals surface area contributed by atoms with Crippen molar-refractivity contribution in [3.63, 3.8) is 0 Å². The Bertz CT molecular complexity index is 496. The zero-order chi connectivity index (χ0) is 12.3. The lowest BCUT2D eigenvalue weighted by Gasteiger charge is -2.10. The quantitative estimate of drug-likeness (QED) is 0.908. The number of thiophene rings is 1. The van der Waals surface area contributed by atoms with Crippen molar-refractivity contribution in [3.8, 4) is 0 Å². The first-order valence-corrected chi connectivity index (χ1v) is 6.21. The molecule has 5 heteroatoms. The number of hydrogen-bond donors (Lipinski definition) is 2. The Hall–Kier alpha value is -1.36. The van der Waals surface area contributed by atoms with Crippen LogP contribution in [0.1, 0.15) is 23.4 Å². The first-order valence-electron chi connectivity index (χ1n) is 5.33. The van der Waals surface area contributed by atoms with Gasteiger partial charge in [-0.25, -0.2) is 0 Å². The van der Waals surface area contributed by atoms with Crippen LogP contribution in [0.3, 0.4) is 0 Å². The predicted octanol–water partition coefficient (Wildman–Crippen LogP) is 3.18. The maximum atomic E-state index is 10.9. The van der Waals surface area contributed by atoms with Crippen LogP contribution in [-0.2, 0) is 4.79 Å². The molecule has 1 aromatic heterocycles. The van der Waals surface area contributed by atoms with Crippen LogP contribution in [0, 0.1) is 0 Å². The number of amides is 1. The Balaban J connectivity index is 0.00000162. The van der Waals surface area contributed by atoms with E-state index in [0.717, 1.165) is 16.1 Å². The van der Waals surface area contributed by atoms with Gasteiger partial charge in [0.05, 0.1) is 6.04 Å². The first kappa shape index (κ1) is 14.7. The number of anilines is 1. The molecule has 0 aliphatic carbocycles. The average molecular weight is 283 g/mol. The summed E-state index contributed by atoms with van der Waals surface area (Å²) in [4.78, 5) is 12.0. The standard InChI is InChI=1S/C13H14N2OS.ClH/c1-9(16)15-11-6-4-10(5-7-11)13(14)12-3-2-8-17-12;/h2-8,13H,14H2,1H3,(H,15,16);1H/t13-;/m1./s1. The third-order valence-electron chi connectivity index (χ3n) is 2.44. The average Bonchev–Trinajstić information content (AvgIpc) is 2.82. The number of carbonyl (C=O) groups is 1. The molecule has 3 N–H and O–H groups in total. The molecule has 1 atom stereocenters. The third kappa shape index (κ3) is 3.57. The lowest BCUT2D eigenvalue weighted by Crippen LogP contribution is -2.10. The SMILES string of the molecule is CC(=O)Nc1ccc([C@@H](N)c2cccs2)cc1.Cl. The predicted molar refractivity (Wildman–Crippen MR) is 78.3 cm³/mol. The number of hydrogen-bond acceptors (Lipinski definition) is 3. The number of carbonyl (C=O) groups excluding carboxylic acids is 1. The molecule has 3 nitrogen and oxygen atoms in total. The fourth-order valence-corrected chi connectivity index (χ4v) is 2.36. The first-order chi connectivity index (χ1) is 8.16. The summed E-state index contributed by atoms with van der Waals surface area (Å²) < 4.78 is 0. The Morgan fingerprint density at radius 2 is 1.94 bits per heavy atom. The molecule has 0 aliphatic heterocycles. The van der Waals surface area contributed by atoms with Gasteiger partial charge in [0.2, 0.25) is 5.91 Å². The summed E-state index contributed by atoms with van der Waals surface area (Å²) in [6.07, 6.45) is 0. The topological polar surface area (TPSA) is 55.1 Å². The van der Waals surface area contributed by atoms with Crippen molar-refractivity contribution in [2.75, 3.05) is 5.32 Å². The highest BCUT2D eigenvalue weighted by Gasteiger charge is 2.09. The van der Waals surface area contributed by atoms with Gasteiger partial charge in [0.1, 0.15) is 0 Å². The van der Waals surface area contributed by atoms with Gasteiger partial charge in [0.25, 0.3) is 0 Å². The van der Waals surface area contributed by atoms with Gasteiger partial charge >= 0.3 is 0 Å². The fourth-order valence-electron chi connectivity index (χ4n) is 1.61. The van der Waals surface area contributed by atoms with E-state index in [1.165, 1.54) is 6.92 Å². The number of rotatable bonds is 3. The van der Waals surface area contributed by atoms with Crippen LogP contribution in [0.4, 0.5) is 5.69 Å². The van der Waals surface area contributed by atoms with E-state index in [2.05, 4.69) is 5.32 Å². The van der Waals surface area contributed by atoms with E-state index in [4.69, 9.17) is 5.73 Å². The highest BCUT2D eigenvalue weighted by Crippen LogP contribution is 2.24. The van der Waals surface area contributed by atoms with Gasteiger partial charge in [0, 0.05) is 17.5 Å². The normalized spacial score (nSPS) is 11.4. The second-order valence-electron chi connectivity index (χ2n) is 3.80. The van der Waals surface area contributed by atoms with Gasteiger partial charge < -0.3 is 11.1 Å². The Morgan fingerprint density at radius 1 is 1.28 bits per heavy atom. The largest absolute Gasteiger partial charge is 0.326 e. The highest BCUT2D eigenvalue weighted by molar-refractivity contribution is 7.10. The van der Waals surface area contributed by atoms with Gasteiger partial charge in [0.15, 0.2) is 0 Å². The van der Waals surface area contributed by atoms with E-state index >= 15 is 0 Å². The maximum Gasteiger partial charge on any atom is 0.221 e. The van der Waals surface area contributed by atoms with Crippen molar-refractivity contribution in [1.82, 2.24) is 0 Å². The van der Waals surface area contributed by atoms with Crippen molar-refractivity contribution < 1.29 is 4.79 Å². The van der Waals surface area contributed by atoms with E-state index < -0.39 is 0 Å². The van der Waals surface area contributed by atoms with E-state index in [1.54, 1.807) is 11.3 Å². The molecule has 2 aromatic rings. The van der Waals surface area contributed by atoms with Crippen LogP contribution < -0.4 is 11.1 Å². The van der Waals surface area contributed by atoms with Gasteiger partial charge in [-0.15, -0.1) is 23.7 Å². The molecule has 0 unspecified atom stereocenters. The van der Waals surface area contributed by atoms with Crippen LogP contribution in [0.2, 0.25) is 0 Å². The second kappa shape index (κ2) is 6.54. The van der Waals surface area contributed by atoms with Crippen molar-refractivity contribution in [2.45, 2.75) is 13.0 Å². The van der Waals surface area contributed by atoms with Gasteiger partial charge in [-0.1, -0.05) is 18.2 Å². The molecule has 0 aliphatic rings. The van der Waals surface area contributed by atoms with Gasteiger partial charge in [-0.05, 0) is 29.1 Å². The molecule has 1 heterocycles. The monoisotopic (exact) mass is 282 g/mol. The maximum absolute atomic E-state index is 10.9. The molecular weight excluding hydrogens is 268 g/mol. The molecule has 0 saturated heterocycles. The van der Waals surface area contributed by atoms with E-state index in [0.29, 0.717) is 0 Å². The van der Waals surface area contributed by atoms with Crippen LogP contribution in [0.25, 0.3) is 0 Å². The summed E-state index contributed by atoms with van der Waals surface area (Å²) in [5.74, 6) is -0.0692. The minimum Gasteiger partial charge on any atom is -0.326 e. The van der Waals surface area contributed by atoms with Crippen molar-refractivity contribution in [3.05, 3.63) is 52.2 Å². The molecule has 0 bridgehead atoms. The molecule has 0 fully saturated rings. The number of nitrogens with one attached hydrogen (secondary N) is 1. The highest BCUT2D eigenvalue weighted by atomic mass is 35.5. The lowest BCUT2D eigenvalue weighted by molar-refractivity contribution is -0.114. The van der Waals surface area contributed by atoms with Crippen LogP contribution in [0.5, 0.6) is 0 Å². The number of halogens is 1. The van der Waals surface area contributed by atoms with Crippen molar-refractivity contribution in [2.24, 2.45) is 5.73 Å². The summed E-state index contributed by atoms with van der Waals surface area (Å²) in [5.41, 5.74) is 7.97. The molecular formula is C13H15ClN2OS. The summed E-state index contributed by atoms with van der Waals surface area (Å²) in [7, 11) is 0. The van der Waals surface area contributed by atoms with E-state index in [9.17, 15) is 4.79 Å². The Labute approximate surface area is 116 Å². The molecule has 0 radical (unpaired) electrons. The molecule has 1 amide bonds. The zero-order valence-electron chi connectivity index (χ0n) is 9.92. The fraction of sp³-hybridized carbons (Fsp3) is 0.154. The zero-order valence-corrected chi connectivity index (χ0v) is 11.6. The minimum atomic E-state index is -0.0959. The van der Waals surface area contributed by atoms with Crippen molar-refractivity contribution >= 4 is 35.3 Å². The minimum absolute atomic E-state index is 0.